The normalized spacial score (nSPS) is 28.2. The molecule has 3 rings (SSSR count). The monoisotopic (exact) mass is 435 g/mol. The molecule has 1 atom stereocenters. The Hall–Kier alpha value is -1.89. The lowest BCUT2D eigenvalue weighted by Gasteiger charge is -2.34. The highest BCUT2D eigenvalue weighted by Gasteiger charge is 2.49. The SMILES string of the molecule is CC1CCC(N(C)C(=O)CN2C(=O)N[C@@](C)(c3cccc(Br)c3)C2=O)CC1. The van der Waals surface area contributed by atoms with Crippen molar-refractivity contribution in [1.82, 2.24) is 15.1 Å². The van der Waals surface area contributed by atoms with Crippen LogP contribution in [0.4, 0.5) is 4.79 Å². The van der Waals surface area contributed by atoms with E-state index in [-0.39, 0.29) is 18.5 Å². The number of hydrogen-bond acceptors (Lipinski definition) is 3. The van der Waals surface area contributed by atoms with Crippen molar-refractivity contribution in [2.45, 2.75) is 51.1 Å². The third-order valence-corrected chi connectivity index (χ3v) is 6.39. The number of urea groups is 1. The fourth-order valence-corrected chi connectivity index (χ4v) is 4.32. The average molecular weight is 436 g/mol. The quantitative estimate of drug-likeness (QED) is 0.737. The second-order valence-electron chi connectivity index (χ2n) is 7.88. The van der Waals surface area contributed by atoms with Gasteiger partial charge in [-0.1, -0.05) is 35.0 Å². The van der Waals surface area contributed by atoms with E-state index in [4.69, 9.17) is 0 Å². The number of carbonyl (C=O) groups is 3. The van der Waals surface area contributed by atoms with E-state index in [1.54, 1.807) is 31.0 Å². The molecule has 0 bridgehead atoms. The maximum atomic E-state index is 13.0. The van der Waals surface area contributed by atoms with E-state index < -0.39 is 17.5 Å². The zero-order chi connectivity index (χ0) is 19.8. The summed E-state index contributed by atoms with van der Waals surface area (Å²) in [5, 5.41) is 2.75. The molecule has 6 nitrogen and oxygen atoms in total. The first-order valence-electron chi connectivity index (χ1n) is 9.38. The van der Waals surface area contributed by atoms with Crippen LogP contribution in [0.1, 0.15) is 45.1 Å². The summed E-state index contributed by atoms with van der Waals surface area (Å²) in [5.74, 6) is 0.0998. The number of carbonyl (C=O) groups excluding carboxylic acids is 3. The number of likely N-dealkylation sites (N-methyl/N-ethyl adjacent to an activating group) is 1. The number of nitrogens with one attached hydrogen (secondary N) is 1. The second kappa shape index (κ2) is 7.62. The smallest absolute Gasteiger partial charge is 0.325 e. The molecule has 0 spiro atoms. The fourth-order valence-electron chi connectivity index (χ4n) is 3.92. The third kappa shape index (κ3) is 3.88. The van der Waals surface area contributed by atoms with Crippen molar-refractivity contribution in [2.24, 2.45) is 5.92 Å². The summed E-state index contributed by atoms with van der Waals surface area (Å²) >= 11 is 3.39. The van der Waals surface area contributed by atoms with Gasteiger partial charge in [0.1, 0.15) is 12.1 Å². The van der Waals surface area contributed by atoms with Crippen LogP contribution >= 0.6 is 15.9 Å². The van der Waals surface area contributed by atoms with Crippen molar-refractivity contribution < 1.29 is 14.4 Å². The van der Waals surface area contributed by atoms with E-state index in [2.05, 4.69) is 28.2 Å². The summed E-state index contributed by atoms with van der Waals surface area (Å²) in [7, 11) is 1.77. The van der Waals surface area contributed by atoms with Gasteiger partial charge in [0.2, 0.25) is 5.91 Å². The molecule has 1 aliphatic heterocycles. The number of halogens is 1. The van der Waals surface area contributed by atoms with E-state index in [0.29, 0.717) is 11.5 Å². The summed E-state index contributed by atoms with van der Waals surface area (Å²) < 4.78 is 0.823. The summed E-state index contributed by atoms with van der Waals surface area (Å²) in [6, 6.07) is 6.93. The minimum absolute atomic E-state index is 0.186. The molecule has 27 heavy (non-hydrogen) atoms. The van der Waals surface area contributed by atoms with Gasteiger partial charge in [0.25, 0.3) is 5.91 Å². The van der Waals surface area contributed by atoms with E-state index in [1.807, 2.05) is 12.1 Å². The molecule has 0 aromatic heterocycles. The van der Waals surface area contributed by atoms with E-state index in [9.17, 15) is 14.4 Å². The lowest BCUT2D eigenvalue weighted by Crippen LogP contribution is -2.47. The van der Waals surface area contributed by atoms with Gasteiger partial charge >= 0.3 is 6.03 Å². The van der Waals surface area contributed by atoms with Crippen LogP contribution < -0.4 is 5.32 Å². The van der Waals surface area contributed by atoms with Gasteiger partial charge in [-0.05, 0) is 56.2 Å². The molecule has 2 fully saturated rings. The second-order valence-corrected chi connectivity index (χ2v) is 8.79. The molecular formula is C20H26BrN3O3. The number of imide groups is 1. The van der Waals surface area contributed by atoms with Gasteiger partial charge in [0.15, 0.2) is 0 Å². The molecule has 1 saturated heterocycles. The van der Waals surface area contributed by atoms with Gasteiger partial charge in [0.05, 0.1) is 0 Å². The van der Waals surface area contributed by atoms with Crippen LogP contribution in [0, 0.1) is 5.92 Å². The standard InChI is InChI=1S/C20H26BrN3O3/c1-13-7-9-16(10-8-13)23(3)17(25)12-24-18(26)20(2,22-19(24)27)14-5-4-6-15(21)11-14/h4-6,11,13,16H,7-10,12H2,1-3H3,(H,22,27)/t13?,16?,20-/m0/s1. The van der Waals surface area contributed by atoms with Gasteiger partial charge in [0, 0.05) is 17.6 Å². The Morgan fingerprint density at radius 2 is 1.96 bits per heavy atom. The molecule has 1 aromatic rings. The minimum atomic E-state index is -1.17. The van der Waals surface area contributed by atoms with Gasteiger partial charge in [-0.15, -0.1) is 0 Å². The predicted molar refractivity (Wildman–Crippen MR) is 106 cm³/mol. The van der Waals surface area contributed by atoms with Crippen molar-refractivity contribution in [2.75, 3.05) is 13.6 Å². The maximum absolute atomic E-state index is 13.0. The lowest BCUT2D eigenvalue weighted by atomic mass is 9.87. The summed E-state index contributed by atoms with van der Waals surface area (Å²) in [6.07, 6.45) is 4.15. The van der Waals surface area contributed by atoms with Crippen LogP contribution in [0.25, 0.3) is 0 Å². The molecule has 1 N–H and O–H groups in total. The predicted octanol–water partition coefficient (Wildman–Crippen LogP) is 3.25. The van der Waals surface area contributed by atoms with Gasteiger partial charge in [-0.2, -0.15) is 0 Å². The van der Waals surface area contributed by atoms with Crippen LogP contribution in [0.5, 0.6) is 0 Å². The van der Waals surface area contributed by atoms with Crippen LogP contribution in [-0.4, -0.2) is 47.3 Å². The summed E-state index contributed by atoms with van der Waals surface area (Å²) in [6.45, 7) is 3.68. The maximum Gasteiger partial charge on any atom is 0.325 e. The highest BCUT2D eigenvalue weighted by atomic mass is 79.9. The highest BCUT2D eigenvalue weighted by Crippen LogP contribution is 2.31. The zero-order valence-corrected chi connectivity index (χ0v) is 17.6. The van der Waals surface area contributed by atoms with E-state index >= 15 is 0 Å². The molecule has 1 heterocycles. The lowest BCUT2D eigenvalue weighted by molar-refractivity contribution is -0.139. The Labute approximate surface area is 168 Å². The van der Waals surface area contributed by atoms with Crippen molar-refractivity contribution >= 4 is 33.8 Å². The number of nitrogens with zero attached hydrogens (tertiary/aromatic N) is 2. The fraction of sp³-hybridized carbons (Fsp3) is 0.550. The Bertz CT molecular complexity index is 761. The molecule has 4 amide bonds. The van der Waals surface area contributed by atoms with Crippen LogP contribution in [0.3, 0.4) is 0 Å². The van der Waals surface area contributed by atoms with Crippen LogP contribution in [0.15, 0.2) is 28.7 Å². The van der Waals surface area contributed by atoms with Gasteiger partial charge in [-0.25, -0.2) is 4.79 Å². The molecule has 7 heteroatoms. The molecule has 1 saturated carbocycles. The van der Waals surface area contributed by atoms with E-state index in [0.717, 1.165) is 35.1 Å². The first-order valence-corrected chi connectivity index (χ1v) is 10.2. The van der Waals surface area contributed by atoms with Crippen LogP contribution in [-0.2, 0) is 15.1 Å². The van der Waals surface area contributed by atoms with Crippen molar-refractivity contribution in [3.8, 4) is 0 Å². The van der Waals surface area contributed by atoms with Crippen molar-refractivity contribution in [1.29, 1.82) is 0 Å². The van der Waals surface area contributed by atoms with Crippen molar-refractivity contribution in [3.63, 3.8) is 0 Å². The van der Waals surface area contributed by atoms with Crippen LogP contribution in [0.2, 0.25) is 0 Å². The Kier molecular flexibility index (Phi) is 5.60. The molecule has 146 valence electrons. The Morgan fingerprint density at radius 3 is 2.59 bits per heavy atom. The number of rotatable bonds is 4. The number of amides is 4. The van der Waals surface area contributed by atoms with Gasteiger partial charge < -0.3 is 10.2 Å². The zero-order valence-electron chi connectivity index (χ0n) is 16.0. The Balaban J connectivity index is 1.71. The molecule has 0 unspecified atom stereocenters. The first kappa shape index (κ1) is 19.9. The average Bonchev–Trinajstić information content (AvgIpc) is 2.86. The summed E-state index contributed by atoms with van der Waals surface area (Å²) in [4.78, 5) is 40.9. The minimum Gasteiger partial charge on any atom is -0.341 e. The molecule has 0 radical (unpaired) electrons. The third-order valence-electron chi connectivity index (χ3n) is 5.90. The number of hydrogen-bond donors (Lipinski definition) is 1. The van der Waals surface area contributed by atoms with E-state index in [1.165, 1.54) is 0 Å². The largest absolute Gasteiger partial charge is 0.341 e. The van der Waals surface area contributed by atoms with Crippen molar-refractivity contribution in [3.05, 3.63) is 34.3 Å². The highest BCUT2D eigenvalue weighted by molar-refractivity contribution is 9.10. The topological polar surface area (TPSA) is 69.7 Å². The number of benzene rings is 1. The molecule has 1 aromatic carbocycles. The van der Waals surface area contributed by atoms with Gasteiger partial charge in [-0.3, -0.25) is 14.5 Å². The Morgan fingerprint density at radius 1 is 1.30 bits per heavy atom. The summed E-state index contributed by atoms with van der Waals surface area (Å²) in [5.41, 5.74) is -0.486. The first-order chi connectivity index (χ1) is 12.7. The molecule has 1 aliphatic carbocycles. The molecule has 2 aliphatic rings. The molecular weight excluding hydrogens is 410 g/mol.